The Bertz CT molecular complexity index is 604. The highest BCUT2D eigenvalue weighted by molar-refractivity contribution is 5.69. The molecule has 0 spiro atoms. The van der Waals surface area contributed by atoms with E-state index in [4.69, 9.17) is 9.47 Å². The lowest BCUT2D eigenvalue weighted by molar-refractivity contribution is -0.385. The summed E-state index contributed by atoms with van der Waals surface area (Å²) in [5.41, 5.74) is -0.175. The molecule has 7 heteroatoms. The Hall–Kier alpha value is -2.57. The van der Waals surface area contributed by atoms with Gasteiger partial charge in [0, 0.05) is 17.7 Å². The third-order valence-corrected chi connectivity index (χ3v) is 2.68. The quantitative estimate of drug-likeness (QED) is 0.668. The number of fused-ring (bicyclic) bond motifs is 1. The van der Waals surface area contributed by atoms with Gasteiger partial charge in [-0.05, 0) is 32.9 Å². The van der Waals surface area contributed by atoms with Crippen molar-refractivity contribution in [2.45, 2.75) is 32.4 Å². The van der Waals surface area contributed by atoms with Gasteiger partial charge < -0.3 is 14.8 Å². The summed E-state index contributed by atoms with van der Waals surface area (Å²) in [7, 11) is 0. The zero-order valence-electron chi connectivity index (χ0n) is 12.0. The maximum absolute atomic E-state index is 11.8. The summed E-state index contributed by atoms with van der Waals surface area (Å²) < 4.78 is 10.5. The number of hydrogen-bond donors (Lipinski definition) is 1. The Morgan fingerprint density at radius 2 is 2.14 bits per heavy atom. The minimum absolute atomic E-state index is 0.0661. The zero-order chi connectivity index (χ0) is 15.6. The van der Waals surface area contributed by atoms with Gasteiger partial charge >= 0.3 is 6.09 Å². The van der Waals surface area contributed by atoms with Crippen LogP contribution in [0.15, 0.2) is 30.5 Å². The molecular formula is C14H16N2O5. The number of alkyl carbamates (subject to hydrolysis) is 1. The van der Waals surface area contributed by atoms with E-state index in [-0.39, 0.29) is 5.69 Å². The number of non-ortho nitro benzene ring substituents is 1. The first-order chi connectivity index (χ1) is 9.76. The van der Waals surface area contributed by atoms with Gasteiger partial charge in [0.05, 0.1) is 17.2 Å². The van der Waals surface area contributed by atoms with Crippen LogP contribution in [0.2, 0.25) is 0 Å². The van der Waals surface area contributed by atoms with Crippen LogP contribution in [0.4, 0.5) is 10.5 Å². The van der Waals surface area contributed by atoms with Crippen LogP contribution in [-0.4, -0.2) is 16.6 Å². The predicted molar refractivity (Wildman–Crippen MR) is 75.0 cm³/mol. The number of benzene rings is 1. The number of carbonyl (C=O) groups is 1. The van der Waals surface area contributed by atoms with Gasteiger partial charge in [-0.3, -0.25) is 10.1 Å². The van der Waals surface area contributed by atoms with Crippen molar-refractivity contribution in [3.63, 3.8) is 0 Å². The minimum Gasteiger partial charge on any atom is -0.465 e. The SMILES string of the molecule is CC(C)(C)OC(=O)NC1C=COc2ccc([N+](=O)[O-])cc21. The topological polar surface area (TPSA) is 90.7 Å². The Kier molecular flexibility index (Phi) is 3.84. The number of nitrogens with one attached hydrogen (secondary N) is 1. The molecule has 0 aromatic heterocycles. The first kappa shape index (κ1) is 14.8. The third kappa shape index (κ3) is 3.71. The summed E-state index contributed by atoms with van der Waals surface area (Å²) in [6.07, 6.45) is 2.42. The molecule has 0 bridgehead atoms. The molecule has 7 nitrogen and oxygen atoms in total. The van der Waals surface area contributed by atoms with Gasteiger partial charge in [0.1, 0.15) is 11.4 Å². The highest BCUT2D eigenvalue weighted by Gasteiger charge is 2.25. The number of nitro benzene ring substituents is 1. The second kappa shape index (κ2) is 5.43. The van der Waals surface area contributed by atoms with Gasteiger partial charge in [-0.25, -0.2) is 4.79 Å². The fraction of sp³-hybridized carbons (Fsp3) is 0.357. The van der Waals surface area contributed by atoms with Crippen LogP contribution in [0.1, 0.15) is 32.4 Å². The van der Waals surface area contributed by atoms with Crippen LogP contribution in [0, 0.1) is 10.1 Å². The summed E-state index contributed by atoms with van der Waals surface area (Å²) >= 11 is 0. The number of nitro groups is 1. The average molecular weight is 292 g/mol. The fourth-order valence-corrected chi connectivity index (χ4v) is 1.85. The predicted octanol–water partition coefficient (Wildman–Crippen LogP) is 3.07. The maximum atomic E-state index is 11.8. The summed E-state index contributed by atoms with van der Waals surface area (Å²) in [4.78, 5) is 22.2. The second-order valence-corrected chi connectivity index (χ2v) is 5.55. The van der Waals surface area contributed by atoms with E-state index in [1.165, 1.54) is 24.5 Å². The van der Waals surface area contributed by atoms with E-state index in [0.29, 0.717) is 11.3 Å². The molecule has 2 rings (SSSR count). The highest BCUT2D eigenvalue weighted by atomic mass is 16.6. The summed E-state index contributed by atoms with van der Waals surface area (Å²) in [5, 5.41) is 13.5. The second-order valence-electron chi connectivity index (χ2n) is 5.55. The van der Waals surface area contributed by atoms with Crippen molar-refractivity contribution in [3.8, 4) is 5.75 Å². The number of ether oxygens (including phenoxy) is 2. The number of rotatable bonds is 2. The molecule has 112 valence electrons. The normalized spacial score (nSPS) is 16.6. The van der Waals surface area contributed by atoms with Crippen LogP contribution >= 0.6 is 0 Å². The lowest BCUT2D eigenvalue weighted by Gasteiger charge is -2.24. The van der Waals surface area contributed by atoms with Crippen LogP contribution in [0.3, 0.4) is 0 Å². The molecule has 1 atom stereocenters. The molecule has 0 fully saturated rings. The lowest BCUT2D eigenvalue weighted by Crippen LogP contribution is -2.35. The third-order valence-electron chi connectivity index (χ3n) is 2.68. The van der Waals surface area contributed by atoms with Crippen molar-refractivity contribution in [1.29, 1.82) is 0 Å². The zero-order valence-corrected chi connectivity index (χ0v) is 12.0. The van der Waals surface area contributed by atoms with Crippen LogP contribution in [0.5, 0.6) is 5.75 Å². The highest BCUT2D eigenvalue weighted by Crippen LogP contribution is 2.33. The number of carbonyl (C=O) groups excluding carboxylic acids is 1. The van der Waals surface area contributed by atoms with Crippen LogP contribution in [-0.2, 0) is 4.74 Å². The van der Waals surface area contributed by atoms with Crippen molar-refractivity contribution in [2.75, 3.05) is 0 Å². The molecule has 21 heavy (non-hydrogen) atoms. The summed E-state index contributed by atoms with van der Waals surface area (Å²) in [6.45, 7) is 5.27. The molecule has 0 saturated heterocycles. The molecule has 0 aliphatic carbocycles. The molecule has 1 amide bonds. The fourth-order valence-electron chi connectivity index (χ4n) is 1.85. The van der Waals surface area contributed by atoms with E-state index in [9.17, 15) is 14.9 Å². The molecule has 0 radical (unpaired) electrons. The summed E-state index contributed by atoms with van der Waals surface area (Å²) in [5.74, 6) is 0.462. The monoisotopic (exact) mass is 292 g/mol. The molecule has 1 aromatic carbocycles. The van der Waals surface area contributed by atoms with Gasteiger partial charge in [-0.2, -0.15) is 0 Å². The van der Waals surface area contributed by atoms with E-state index in [0.717, 1.165) is 0 Å². The largest absolute Gasteiger partial charge is 0.465 e. The molecular weight excluding hydrogens is 276 g/mol. The van der Waals surface area contributed by atoms with Crippen molar-refractivity contribution in [1.82, 2.24) is 5.32 Å². The van der Waals surface area contributed by atoms with Crippen molar-refractivity contribution < 1.29 is 19.2 Å². The molecule has 0 saturated carbocycles. The van der Waals surface area contributed by atoms with Gasteiger partial charge in [0.2, 0.25) is 0 Å². The number of amides is 1. The van der Waals surface area contributed by atoms with Crippen LogP contribution < -0.4 is 10.1 Å². The van der Waals surface area contributed by atoms with E-state index < -0.39 is 22.7 Å². The standard InChI is InChI=1S/C14H16N2O5/c1-14(2,3)21-13(17)15-11-6-7-20-12-5-4-9(16(18)19)8-10(11)12/h4-8,11H,1-3H3,(H,15,17). The minimum atomic E-state index is -0.621. The first-order valence-corrected chi connectivity index (χ1v) is 6.37. The van der Waals surface area contributed by atoms with E-state index in [1.807, 2.05) is 0 Å². The molecule has 1 aliphatic heterocycles. The van der Waals surface area contributed by atoms with E-state index in [1.54, 1.807) is 26.8 Å². The van der Waals surface area contributed by atoms with Crippen LogP contribution in [0.25, 0.3) is 0 Å². The van der Waals surface area contributed by atoms with Gasteiger partial charge in [0.25, 0.3) is 5.69 Å². The summed E-state index contributed by atoms with van der Waals surface area (Å²) in [6, 6.07) is 3.69. The Balaban J connectivity index is 2.21. The number of hydrogen-bond acceptors (Lipinski definition) is 5. The van der Waals surface area contributed by atoms with Crippen molar-refractivity contribution in [3.05, 3.63) is 46.2 Å². The van der Waals surface area contributed by atoms with E-state index in [2.05, 4.69) is 5.32 Å². The molecule has 1 aromatic rings. The molecule has 1 N–H and O–H groups in total. The molecule has 1 unspecified atom stereocenters. The van der Waals surface area contributed by atoms with Crippen molar-refractivity contribution >= 4 is 11.8 Å². The van der Waals surface area contributed by atoms with Crippen molar-refractivity contribution in [2.24, 2.45) is 0 Å². The lowest BCUT2D eigenvalue weighted by atomic mass is 10.0. The Labute approximate surface area is 121 Å². The van der Waals surface area contributed by atoms with E-state index >= 15 is 0 Å². The van der Waals surface area contributed by atoms with Gasteiger partial charge in [0.15, 0.2) is 0 Å². The smallest absolute Gasteiger partial charge is 0.408 e. The van der Waals surface area contributed by atoms with Gasteiger partial charge in [-0.15, -0.1) is 0 Å². The first-order valence-electron chi connectivity index (χ1n) is 6.37. The Morgan fingerprint density at radius 1 is 1.43 bits per heavy atom. The maximum Gasteiger partial charge on any atom is 0.408 e. The molecule has 1 heterocycles. The van der Waals surface area contributed by atoms with Gasteiger partial charge in [-0.1, -0.05) is 0 Å². The Morgan fingerprint density at radius 3 is 2.76 bits per heavy atom. The average Bonchev–Trinajstić information content (AvgIpc) is 2.36. The number of nitrogens with zero attached hydrogens (tertiary/aromatic N) is 1. The molecule has 1 aliphatic rings.